The molecule has 3 aromatic carbocycles. The average molecular weight is 352 g/mol. The van der Waals surface area contributed by atoms with Crippen molar-refractivity contribution in [1.82, 2.24) is 0 Å². The lowest BCUT2D eigenvalue weighted by atomic mass is 10.1. The van der Waals surface area contributed by atoms with Crippen LogP contribution in [0.15, 0.2) is 65.6 Å². The van der Waals surface area contributed by atoms with Gasteiger partial charge in [0.05, 0.1) is 14.9 Å². The lowest BCUT2D eigenvalue weighted by Gasteiger charge is -2.09. The van der Waals surface area contributed by atoms with E-state index >= 15 is 0 Å². The Balaban J connectivity index is 1.97. The maximum atomic E-state index is 12.4. The molecule has 0 fully saturated rings. The van der Waals surface area contributed by atoms with E-state index in [4.69, 9.17) is 23.2 Å². The summed E-state index contributed by atoms with van der Waals surface area (Å²) in [6.07, 6.45) is 0. The average Bonchev–Trinajstić information content (AvgIpc) is 2.49. The van der Waals surface area contributed by atoms with Crippen molar-refractivity contribution in [3.05, 3.63) is 70.7 Å². The number of hydrogen-bond acceptors (Lipinski definition) is 2. The molecule has 0 unspecified atom stereocenters. The second-order valence-corrected chi connectivity index (χ2v) is 7.24. The van der Waals surface area contributed by atoms with Crippen LogP contribution >= 0.6 is 23.2 Å². The molecule has 0 saturated carbocycles. The second kappa shape index (κ2) is 5.80. The van der Waals surface area contributed by atoms with Crippen molar-refractivity contribution in [3.63, 3.8) is 0 Å². The zero-order valence-electron chi connectivity index (χ0n) is 11.3. The van der Waals surface area contributed by atoms with E-state index in [1.165, 1.54) is 18.2 Å². The van der Waals surface area contributed by atoms with Gasteiger partial charge in [-0.3, -0.25) is 4.72 Å². The Labute approximate surface area is 138 Å². The molecule has 0 heterocycles. The lowest BCUT2D eigenvalue weighted by Crippen LogP contribution is -2.12. The summed E-state index contributed by atoms with van der Waals surface area (Å²) in [6.45, 7) is 0. The molecule has 3 rings (SSSR count). The molecular weight excluding hydrogens is 341 g/mol. The number of nitrogens with one attached hydrogen (secondary N) is 1. The van der Waals surface area contributed by atoms with E-state index in [0.717, 1.165) is 10.8 Å². The van der Waals surface area contributed by atoms with Gasteiger partial charge in [-0.05, 0) is 41.1 Å². The van der Waals surface area contributed by atoms with Crippen LogP contribution in [0, 0.1) is 0 Å². The molecule has 3 aromatic rings. The molecule has 3 nitrogen and oxygen atoms in total. The Morgan fingerprint density at radius 1 is 0.773 bits per heavy atom. The third kappa shape index (κ3) is 3.04. The second-order valence-electron chi connectivity index (χ2n) is 4.74. The Morgan fingerprint density at radius 3 is 2.23 bits per heavy atom. The minimum atomic E-state index is -3.71. The summed E-state index contributed by atoms with van der Waals surface area (Å²) < 4.78 is 27.3. The van der Waals surface area contributed by atoms with Crippen LogP contribution in [0.2, 0.25) is 10.0 Å². The molecule has 22 heavy (non-hydrogen) atoms. The van der Waals surface area contributed by atoms with Crippen LogP contribution in [0.4, 0.5) is 5.69 Å². The SMILES string of the molecule is O=S(=O)(Nc1ccc2ccccc2c1)c1ccc(Cl)c(Cl)c1. The highest BCUT2D eigenvalue weighted by Crippen LogP contribution is 2.27. The first kappa shape index (κ1) is 15.2. The van der Waals surface area contributed by atoms with Gasteiger partial charge in [0, 0.05) is 5.69 Å². The minimum Gasteiger partial charge on any atom is -0.280 e. The summed E-state index contributed by atoms with van der Waals surface area (Å²) in [4.78, 5) is 0.0649. The molecule has 0 saturated heterocycles. The van der Waals surface area contributed by atoms with Crippen molar-refractivity contribution >= 4 is 49.7 Å². The van der Waals surface area contributed by atoms with Gasteiger partial charge in [-0.2, -0.15) is 0 Å². The predicted molar refractivity (Wildman–Crippen MR) is 91.2 cm³/mol. The molecule has 0 radical (unpaired) electrons. The summed E-state index contributed by atoms with van der Waals surface area (Å²) >= 11 is 11.7. The first-order valence-corrected chi connectivity index (χ1v) is 8.66. The molecular formula is C16H11Cl2NO2S. The third-order valence-electron chi connectivity index (χ3n) is 3.20. The highest BCUT2D eigenvalue weighted by atomic mass is 35.5. The molecule has 112 valence electrons. The number of benzene rings is 3. The molecule has 0 amide bonds. The fourth-order valence-electron chi connectivity index (χ4n) is 2.11. The molecule has 0 aliphatic carbocycles. The molecule has 0 atom stereocenters. The summed E-state index contributed by atoms with van der Waals surface area (Å²) in [5.41, 5.74) is 0.491. The van der Waals surface area contributed by atoms with Crippen LogP contribution in [0.1, 0.15) is 0 Å². The van der Waals surface area contributed by atoms with E-state index in [1.54, 1.807) is 12.1 Å². The first-order valence-electron chi connectivity index (χ1n) is 6.42. The molecule has 0 spiro atoms. The van der Waals surface area contributed by atoms with Gasteiger partial charge in [0.15, 0.2) is 0 Å². The number of fused-ring (bicyclic) bond motifs is 1. The maximum absolute atomic E-state index is 12.4. The van der Waals surface area contributed by atoms with Gasteiger partial charge in [-0.25, -0.2) is 8.42 Å². The number of anilines is 1. The summed E-state index contributed by atoms with van der Waals surface area (Å²) in [7, 11) is -3.71. The van der Waals surface area contributed by atoms with Gasteiger partial charge in [0.1, 0.15) is 0 Å². The van der Waals surface area contributed by atoms with Gasteiger partial charge in [-0.1, -0.05) is 53.5 Å². The zero-order valence-corrected chi connectivity index (χ0v) is 13.6. The number of hydrogen-bond donors (Lipinski definition) is 1. The van der Waals surface area contributed by atoms with Crippen molar-refractivity contribution in [3.8, 4) is 0 Å². The van der Waals surface area contributed by atoms with E-state index in [2.05, 4.69) is 4.72 Å². The number of rotatable bonds is 3. The molecule has 1 N–H and O–H groups in total. The Morgan fingerprint density at radius 2 is 1.50 bits per heavy atom. The van der Waals surface area contributed by atoms with Crippen LogP contribution < -0.4 is 4.72 Å². The normalized spacial score (nSPS) is 11.5. The van der Waals surface area contributed by atoms with Crippen molar-refractivity contribution in [2.45, 2.75) is 4.90 Å². The fraction of sp³-hybridized carbons (Fsp3) is 0. The van der Waals surface area contributed by atoms with E-state index in [-0.39, 0.29) is 9.92 Å². The smallest absolute Gasteiger partial charge is 0.261 e. The third-order valence-corrected chi connectivity index (χ3v) is 5.32. The number of halogens is 2. The Bertz CT molecular complexity index is 955. The van der Waals surface area contributed by atoms with Gasteiger partial charge in [0.25, 0.3) is 10.0 Å². The first-order chi connectivity index (χ1) is 10.5. The molecule has 6 heteroatoms. The largest absolute Gasteiger partial charge is 0.280 e. The van der Waals surface area contributed by atoms with Gasteiger partial charge >= 0.3 is 0 Å². The van der Waals surface area contributed by atoms with Gasteiger partial charge < -0.3 is 0 Å². The van der Waals surface area contributed by atoms with Crippen molar-refractivity contribution in [1.29, 1.82) is 0 Å². The molecule has 0 aromatic heterocycles. The van der Waals surface area contributed by atoms with E-state index in [9.17, 15) is 8.42 Å². The quantitative estimate of drug-likeness (QED) is 0.725. The summed E-state index contributed by atoms with van der Waals surface area (Å²) in [5, 5.41) is 2.51. The Kier molecular flexibility index (Phi) is 4.00. The molecule has 0 aliphatic rings. The van der Waals surface area contributed by atoms with Crippen molar-refractivity contribution in [2.24, 2.45) is 0 Å². The lowest BCUT2D eigenvalue weighted by molar-refractivity contribution is 0.601. The predicted octanol–water partition coefficient (Wildman–Crippen LogP) is 4.95. The van der Waals surface area contributed by atoms with Gasteiger partial charge in [-0.15, -0.1) is 0 Å². The highest BCUT2D eigenvalue weighted by molar-refractivity contribution is 7.92. The summed E-state index contributed by atoms with van der Waals surface area (Å²) in [6, 6.07) is 17.3. The van der Waals surface area contributed by atoms with Crippen molar-refractivity contribution < 1.29 is 8.42 Å². The van der Waals surface area contributed by atoms with E-state index in [0.29, 0.717) is 10.7 Å². The maximum Gasteiger partial charge on any atom is 0.261 e. The molecule has 0 aliphatic heterocycles. The van der Waals surface area contributed by atoms with Crippen molar-refractivity contribution in [2.75, 3.05) is 4.72 Å². The van der Waals surface area contributed by atoms with E-state index in [1.807, 2.05) is 30.3 Å². The zero-order chi connectivity index (χ0) is 15.7. The van der Waals surface area contributed by atoms with Crippen LogP contribution in [-0.4, -0.2) is 8.42 Å². The monoisotopic (exact) mass is 351 g/mol. The minimum absolute atomic E-state index is 0.0649. The standard InChI is InChI=1S/C16H11Cl2NO2S/c17-15-8-7-14(10-16(15)18)22(20,21)19-13-6-5-11-3-1-2-4-12(11)9-13/h1-10,19H. The van der Waals surface area contributed by atoms with E-state index < -0.39 is 10.0 Å². The molecule has 0 bridgehead atoms. The topological polar surface area (TPSA) is 46.2 Å². The summed E-state index contributed by atoms with van der Waals surface area (Å²) in [5.74, 6) is 0. The number of sulfonamides is 1. The highest BCUT2D eigenvalue weighted by Gasteiger charge is 2.15. The Hall–Kier alpha value is -1.75. The van der Waals surface area contributed by atoms with Gasteiger partial charge in [0.2, 0.25) is 0 Å². The van der Waals surface area contributed by atoms with Crippen LogP contribution in [-0.2, 0) is 10.0 Å². The van der Waals surface area contributed by atoms with Crippen LogP contribution in [0.5, 0.6) is 0 Å². The van der Waals surface area contributed by atoms with Crippen LogP contribution in [0.25, 0.3) is 10.8 Å². The van der Waals surface area contributed by atoms with Crippen LogP contribution in [0.3, 0.4) is 0 Å². The fourth-order valence-corrected chi connectivity index (χ4v) is 3.55.